The number of hydrogen-bond acceptors (Lipinski definition) is 9. The second kappa shape index (κ2) is 16.1. The zero-order valence-corrected chi connectivity index (χ0v) is 31.1. The maximum absolute atomic E-state index is 5.22. The van der Waals surface area contributed by atoms with Crippen molar-refractivity contribution in [1.29, 1.82) is 0 Å². The van der Waals surface area contributed by atoms with Crippen molar-refractivity contribution in [3.05, 3.63) is 156 Å². The van der Waals surface area contributed by atoms with Crippen molar-refractivity contribution in [3.8, 4) is 0 Å². The zero-order chi connectivity index (χ0) is 36.8. The molecule has 276 valence electrons. The molecule has 0 saturated carbocycles. The summed E-state index contributed by atoms with van der Waals surface area (Å²) in [6.07, 6.45) is 2.23. The topological polar surface area (TPSA) is 85.3 Å². The molecule has 0 spiro atoms. The second-order valence-corrected chi connectivity index (χ2v) is 14.8. The van der Waals surface area contributed by atoms with E-state index in [1.165, 1.54) is 16.7 Å². The minimum absolute atomic E-state index is 0.295. The minimum atomic E-state index is 0.295. The first kappa shape index (κ1) is 34.7. The van der Waals surface area contributed by atoms with Crippen LogP contribution in [0.4, 0.5) is 23.5 Å². The molecular weight excluding hydrogens is 679 g/mol. The molecule has 2 atom stereocenters. The van der Waals surface area contributed by atoms with Gasteiger partial charge in [0, 0.05) is 69.2 Å². The quantitative estimate of drug-likeness (QED) is 0.137. The number of benzene rings is 5. The van der Waals surface area contributed by atoms with Gasteiger partial charge in [-0.1, -0.05) is 115 Å². The van der Waals surface area contributed by atoms with Crippen LogP contribution in [0, 0.1) is 5.92 Å². The highest BCUT2D eigenvalue weighted by Crippen LogP contribution is 2.33. The standard InChI is InChI=1S/C46H47N9/c1-4-15-34(16-5-1)29-47-43-38-22-10-12-24-40(38)49-45(51-43)54-26-14-21-37(32-54)42-33-55(28-27-53(42)31-36-19-8-3-9-20-36)46-50-41-25-13-11-23-39(41)44(52-46)48-30-35-17-6-2-7-18-35/h1-13,15-20,22-25,37,42H,14,21,26-33H2,(H,47,49,51)(H,48,50,52). The summed E-state index contributed by atoms with van der Waals surface area (Å²) in [7, 11) is 0. The van der Waals surface area contributed by atoms with Crippen LogP contribution in [0.15, 0.2) is 140 Å². The van der Waals surface area contributed by atoms with E-state index in [-0.39, 0.29) is 0 Å². The van der Waals surface area contributed by atoms with Crippen molar-refractivity contribution in [1.82, 2.24) is 24.8 Å². The first-order valence-corrected chi connectivity index (χ1v) is 19.6. The molecule has 7 aromatic rings. The predicted molar refractivity (Wildman–Crippen MR) is 224 cm³/mol. The molecule has 2 aliphatic rings. The summed E-state index contributed by atoms with van der Waals surface area (Å²) in [6.45, 7) is 6.79. The van der Waals surface area contributed by atoms with Crippen LogP contribution < -0.4 is 20.4 Å². The number of piperidine rings is 1. The van der Waals surface area contributed by atoms with Gasteiger partial charge in [0.1, 0.15) is 11.6 Å². The molecule has 55 heavy (non-hydrogen) atoms. The van der Waals surface area contributed by atoms with Crippen LogP contribution in [0.1, 0.15) is 29.5 Å². The van der Waals surface area contributed by atoms with Crippen molar-refractivity contribution in [2.75, 3.05) is 53.2 Å². The molecule has 0 aliphatic carbocycles. The minimum Gasteiger partial charge on any atom is -0.365 e. The molecule has 2 saturated heterocycles. The van der Waals surface area contributed by atoms with Crippen LogP contribution in [-0.2, 0) is 19.6 Å². The lowest BCUT2D eigenvalue weighted by Crippen LogP contribution is -2.58. The first-order chi connectivity index (χ1) is 27.2. The monoisotopic (exact) mass is 725 g/mol. The number of anilines is 4. The van der Waals surface area contributed by atoms with Crippen LogP contribution >= 0.6 is 0 Å². The highest BCUT2D eigenvalue weighted by Gasteiger charge is 2.37. The second-order valence-electron chi connectivity index (χ2n) is 14.8. The third-order valence-corrected chi connectivity index (χ3v) is 11.1. The summed E-state index contributed by atoms with van der Waals surface area (Å²) in [6, 6.07) is 48.9. The first-order valence-electron chi connectivity index (χ1n) is 19.6. The van der Waals surface area contributed by atoms with Gasteiger partial charge in [-0.2, -0.15) is 9.97 Å². The van der Waals surface area contributed by atoms with E-state index in [4.69, 9.17) is 19.9 Å². The van der Waals surface area contributed by atoms with E-state index in [9.17, 15) is 0 Å². The van der Waals surface area contributed by atoms with Gasteiger partial charge in [-0.3, -0.25) is 4.90 Å². The molecule has 2 aliphatic heterocycles. The molecule has 4 heterocycles. The van der Waals surface area contributed by atoms with Crippen molar-refractivity contribution < 1.29 is 0 Å². The molecule has 0 amide bonds. The highest BCUT2D eigenvalue weighted by molar-refractivity contribution is 5.91. The molecule has 2 fully saturated rings. The lowest BCUT2D eigenvalue weighted by atomic mass is 9.88. The average Bonchev–Trinajstić information content (AvgIpc) is 3.26. The summed E-state index contributed by atoms with van der Waals surface area (Å²) < 4.78 is 0. The molecule has 9 heteroatoms. The third kappa shape index (κ3) is 7.93. The van der Waals surface area contributed by atoms with E-state index in [2.05, 4.69) is 165 Å². The Morgan fingerprint density at radius 2 is 0.982 bits per heavy atom. The van der Waals surface area contributed by atoms with Crippen LogP contribution in [0.5, 0.6) is 0 Å². The van der Waals surface area contributed by atoms with Crippen molar-refractivity contribution in [3.63, 3.8) is 0 Å². The van der Waals surface area contributed by atoms with Crippen LogP contribution in [-0.4, -0.2) is 63.6 Å². The van der Waals surface area contributed by atoms with Gasteiger partial charge in [-0.05, 0) is 59.7 Å². The van der Waals surface area contributed by atoms with E-state index < -0.39 is 0 Å². The number of rotatable bonds is 11. The Balaban J connectivity index is 1.00. The van der Waals surface area contributed by atoms with Gasteiger partial charge in [0.25, 0.3) is 0 Å². The Hall–Kier alpha value is -6.06. The number of fused-ring (bicyclic) bond motifs is 2. The van der Waals surface area contributed by atoms with Crippen LogP contribution in [0.25, 0.3) is 21.8 Å². The van der Waals surface area contributed by atoms with Crippen molar-refractivity contribution in [2.45, 2.75) is 38.5 Å². The lowest BCUT2D eigenvalue weighted by Gasteiger charge is -2.47. The summed E-state index contributed by atoms with van der Waals surface area (Å²) in [5.41, 5.74) is 5.71. The third-order valence-electron chi connectivity index (χ3n) is 11.1. The normalized spacial score (nSPS) is 17.7. The summed E-state index contributed by atoms with van der Waals surface area (Å²) in [5, 5.41) is 9.37. The Morgan fingerprint density at radius 1 is 0.491 bits per heavy atom. The van der Waals surface area contributed by atoms with E-state index in [1.807, 2.05) is 0 Å². The molecule has 2 aromatic heterocycles. The van der Waals surface area contributed by atoms with Gasteiger partial charge in [-0.25, -0.2) is 9.97 Å². The van der Waals surface area contributed by atoms with Gasteiger partial charge >= 0.3 is 0 Å². The number of nitrogens with zero attached hydrogens (tertiary/aromatic N) is 7. The fourth-order valence-electron chi connectivity index (χ4n) is 8.24. The van der Waals surface area contributed by atoms with Crippen molar-refractivity contribution >= 4 is 45.3 Å². The fraction of sp³-hybridized carbons (Fsp3) is 0.261. The van der Waals surface area contributed by atoms with Crippen LogP contribution in [0.2, 0.25) is 0 Å². The van der Waals surface area contributed by atoms with Gasteiger partial charge < -0.3 is 20.4 Å². The molecule has 2 N–H and O–H groups in total. The summed E-state index contributed by atoms with van der Waals surface area (Å²) >= 11 is 0. The van der Waals surface area contributed by atoms with Gasteiger partial charge in [0.2, 0.25) is 11.9 Å². The maximum Gasteiger partial charge on any atom is 0.227 e. The Labute approximate surface area is 323 Å². The molecular formula is C46H47N9. The van der Waals surface area contributed by atoms with Gasteiger partial charge in [-0.15, -0.1) is 0 Å². The fourth-order valence-corrected chi connectivity index (χ4v) is 8.24. The maximum atomic E-state index is 5.22. The highest BCUT2D eigenvalue weighted by atomic mass is 15.4. The molecule has 9 nitrogen and oxygen atoms in total. The van der Waals surface area contributed by atoms with E-state index in [0.29, 0.717) is 25.0 Å². The van der Waals surface area contributed by atoms with Crippen LogP contribution in [0.3, 0.4) is 0 Å². The summed E-state index contributed by atoms with van der Waals surface area (Å²) in [4.78, 5) is 28.3. The van der Waals surface area contributed by atoms with Crippen molar-refractivity contribution in [2.24, 2.45) is 5.92 Å². The zero-order valence-electron chi connectivity index (χ0n) is 31.1. The molecule has 0 radical (unpaired) electrons. The molecule has 5 aromatic carbocycles. The lowest BCUT2D eigenvalue weighted by molar-refractivity contribution is 0.107. The molecule has 9 rings (SSSR count). The van der Waals surface area contributed by atoms with Gasteiger partial charge in [0.15, 0.2) is 0 Å². The number of para-hydroxylation sites is 2. The molecule has 0 bridgehead atoms. The Morgan fingerprint density at radius 3 is 1.55 bits per heavy atom. The predicted octanol–water partition coefficient (Wildman–Crippen LogP) is 8.40. The molecule has 2 unspecified atom stereocenters. The smallest absolute Gasteiger partial charge is 0.227 e. The number of piperazine rings is 1. The number of nitrogens with one attached hydrogen (secondary N) is 2. The number of aromatic nitrogens is 4. The largest absolute Gasteiger partial charge is 0.365 e. The Bertz CT molecular complexity index is 2340. The van der Waals surface area contributed by atoms with Gasteiger partial charge in [0.05, 0.1) is 11.0 Å². The van der Waals surface area contributed by atoms with E-state index in [1.54, 1.807) is 0 Å². The average molecular weight is 726 g/mol. The SMILES string of the molecule is c1ccc(CNc2nc(N3CCCC(C4CN(c5nc(NCc6ccccc6)c6ccccc6n5)CCN4Cc4ccccc4)C3)nc3ccccc23)cc1. The summed E-state index contributed by atoms with van der Waals surface area (Å²) in [5.74, 6) is 3.76. The van der Waals surface area contributed by atoms with E-state index >= 15 is 0 Å². The number of hydrogen-bond donors (Lipinski definition) is 2. The Kier molecular flexibility index (Phi) is 10.2. The van der Waals surface area contributed by atoms with E-state index in [0.717, 1.165) is 97.4 Å².